The maximum atomic E-state index is 11.8. The van der Waals surface area contributed by atoms with Crippen LogP contribution in [0, 0.1) is 0 Å². The Morgan fingerprint density at radius 2 is 1.88 bits per heavy atom. The number of ether oxygens (including phenoxy) is 4. The van der Waals surface area contributed by atoms with E-state index in [2.05, 4.69) is 10.6 Å². The number of carbonyl (C=O) groups excluding carboxylic acids is 1. The smallest absolute Gasteiger partial charge is 0.315 e. The summed E-state index contributed by atoms with van der Waals surface area (Å²) in [6, 6.07) is 12.7. The van der Waals surface area contributed by atoms with E-state index < -0.39 is 0 Å². The minimum absolute atomic E-state index is 0.235. The Hall–Kier alpha value is -3.09. The van der Waals surface area contributed by atoms with Gasteiger partial charge >= 0.3 is 6.03 Å². The van der Waals surface area contributed by atoms with E-state index in [0.717, 1.165) is 11.3 Å². The number of hydrogen-bond donors (Lipinski definition) is 2. The maximum absolute atomic E-state index is 11.8. The van der Waals surface area contributed by atoms with Crippen molar-refractivity contribution >= 4 is 6.03 Å². The van der Waals surface area contributed by atoms with E-state index >= 15 is 0 Å². The van der Waals surface area contributed by atoms with Crippen LogP contribution >= 0.6 is 0 Å². The molecule has 2 N–H and O–H groups in total. The van der Waals surface area contributed by atoms with E-state index in [1.165, 1.54) is 0 Å². The van der Waals surface area contributed by atoms with Crippen molar-refractivity contribution < 1.29 is 23.7 Å². The Morgan fingerprint density at radius 3 is 2.72 bits per heavy atom. The van der Waals surface area contributed by atoms with Crippen LogP contribution in [0.1, 0.15) is 5.56 Å². The second-order valence-corrected chi connectivity index (χ2v) is 5.30. The molecule has 7 nitrogen and oxygen atoms in total. The van der Waals surface area contributed by atoms with Crippen molar-refractivity contribution in [2.24, 2.45) is 0 Å². The van der Waals surface area contributed by atoms with E-state index in [-0.39, 0.29) is 12.8 Å². The predicted molar refractivity (Wildman–Crippen MR) is 91.3 cm³/mol. The largest absolute Gasteiger partial charge is 0.493 e. The lowest BCUT2D eigenvalue weighted by atomic mass is 10.2. The zero-order valence-corrected chi connectivity index (χ0v) is 13.9. The predicted octanol–water partition coefficient (Wildman–Crippen LogP) is 2.30. The molecule has 7 heteroatoms. The maximum Gasteiger partial charge on any atom is 0.315 e. The molecule has 2 amide bonds. The van der Waals surface area contributed by atoms with Crippen LogP contribution in [-0.4, -0.2) is 33.1 Å². The second-order valence-electron chi connectivity index (χ2n) is 5.30. The lowest BCUT2D eigenvalue weighted by Crippen LogP contribution is -2.37. The zero-order chi connectivity index (χ0) is 17.5. The van der Waals surface area contributed by atoms with Crippen LogP contribution in [0.3, 0.4) is 0 Å². The van der Waals surface area contributed by atoms with Crippen LogP contribution in [-0.2, 0) is 6.54 Å². The number of para-hydroxylation sites is 2. The number of nitrogens with one attached hydrogen (secondary N) is 2. The monoisotopic (exact) mass is 344 g/mol. The summed E-state index contributed by atoms with van der Waals surface area (Å²) in [6.45, 7) is 1.36. The summed E-state index contributed by atoms with van der Waals surface area (Å²) in [5, 5.41) is 5.53. The molecule has 1 heterocycles. The minimum atomic E-state index is -0.263. The summed E-state index contributed by atoms with van der Waals surface area (Å²) in [6.07, 6.45) is 0. The molecule has 0 aliphatic carbocycles. The third kappa shape index (κ3) is 4.47. The first-order valence-corrected chi connectivity index (χ1v) is 7.92. The Labute approximate surface area is 145 Å². The first-order chi connectivity index (χ1) is 12.3. The first-order valence-electron chi connectivity index (χ1n) is 7.92. The molecular formula is C18H20N2O5. The molecule has 0 aromatic heterocycles. The molecule has 3 rings (SSSR count). The second kappa shape index (κ2) is 8.14. The summed E-state index contributed by atoms with van der Waals surface area (Å²) in [4.78, 5) is 11.8. The summed E-state index contributed by atoms with van der Waals surface area (Å²) in [7, 11) is 1.59. The third-order valence-electron chi connectivity index (χ3n) is 3.60. The highest BCUT2D eigenvalue weighted by molar-refractivity contribution is 5.73. The lowest BCUT2D eigenvalue weighted by molar-refractivity contribution is 0.174. The first kappa shape index (κ1) is 16.8. The van der Waals surface area contributed by atoms with E-state index in [9.17, 15) is 4.79 Å². The van der Waals surface area contributed by atoms with Crippen LogP contribution in [0.4, 0.5) is 4.79 Å². The molecule has 0 atom stereocenters. The Kier molecular flexibility index (Phi) is 5.46. The number of hydrogen-bond acceptors (Lipinski definition) is 5. The SMILES string of the molecule is COc1ccccc1OCCNC(=O)NCc1ccc2c(c1)OCO2. The van der Waals surface area contributed by atoms with Crippen LogP contribution in [0.15, 0.2) is 42.5 Å². The third-order valence-corrected chi connectivity index (χ3v) is 3.60. The summed E-state index contributed by atoms with van der Waals surface area (Å²) in [5.41, 5.74) is 0.935. The molecule has 2 aromatic carbocycles. The van der Waals surface area contributed by atoms with Crippen molar-refractivity contribution in [2.75, 3.05) is 27.1 Å². The molecule has 0 bridgehead atoms. The number of methoxy groups -OCH3 is 1. The fourth-order valence-electron chi connectivity index (χ4n) is 2.36. The molecule has 25 heavy (non-hydrogen) atoms. The number of amides is 2. The highest BCUT2D eigenvalue weighted by Gasteiger charge is 2.13. The van der Waals surface area contributed by atoms with Gasteiger partial charge in [-0.2, -0.15) is 0 Å². The zero-order valence-electron chi connectivity index (χ0n) is 13.9. The van der Waals surface area contributed by atoms with Crippen LogP contribution in [0.2, 0.25) is 0 Å². The normalized spacial score (nSPS) is 11.7. The van der Waals surface area contributed by atoms with Gasteiger partial charge in [-0.3, -0.25) is 0 Å². The molecule has 0 fully saturated rings. The van der Waals surface area contributed by atoms with Gasteiger partial charge in [0.05, 0.1) is 13.7 Å². The van der Waals surface area contributed by atoms with Crippen LogP contribution in [0.25, 0.3) is 0 Å². The summed E-state index contributed by atoms with van der Waals surface area (Å²) < 4.78 is 21.4. The number of benzene rings is 2. The number of fused-ring (bicyclic) bond motifs is 1. The van der Waals surface area contributed by atoms with E-state index in [1.54, 1.807) is 7.11 Å². The minimum Gasteiger partial charge on any atom is -0.493 e. The summed E-state index contributed by atoms with van der Waals surface area (Å²) in [5.74, 6) is 2.73. The quantitative estimate of drug-likeness (QED) is 0.754. The molecule has 0 saturated carbocycles. The molecule has 0 saturated heterocycles. The van der Waals surface area contributed by atoms with Gasteiger partial charge in [-0.25, -0.2) is 4.79 Å². The summed E-state index contributed by atoms with van der Waals surface area (Å²) >= 11 is 0. The van der Waals surface area contributed by atoms with Crippen molar-refractivity contribution in [1.82, 2.24) is 10.6 Å². The molecular weight excluding hydrogens is 324 g/mol. The molecule has 2 aromatic rings. The van der Waals surface area contributed by atoms with Gasteiger partial charge in [0, 0.05) is 6.54 Å². The van der Waals surface area contributed by atoms with E-state index in [0.29, 0.717) is 36.9 Å². The van der Waals surface area contributed by atoms with Gasteiger partial charge in [-0.15, -0.1) is 0 Å². The molecule has 132 valence electrons. The van der Waals surface area contributed by atoms with Crippen molar-refractivity contribution in [2.45, 2.75) is 6.54 Å². The molecule has 0 spiro atoms. The number of carbonyl (C=O) groups is 1. The molecule has 1 aliphatic rings. The van der Waals surface area contributed by atoms with Crippen molar-refractivity contribution in [3.63, 3.8) is 0 Å². The molecule has 0 radical (unpaired) electrons. The van der Waals surface area contributed by atoms with E-state index in [4.69, 9.17) is 18.9 Å². The fraction of sp³-hybridized carbons (Fsp3) is 0.278. The van der Waals surface area contributed by atoms with E-state index in [1.807, 2.05) is 42.5 Å². The standard InChI is InChI=1S/C18H20N2O5/c1-22-14-4-2-3-5-15(14)23-9-8-19-18(21)20-11-13-6-7-16-17(10-13)25-12-24-16/h2-7,10H,8-9,11-12H2,1H3,(H2,19,20,21). The van der Waals surface area contributed by atoms with Gasteiger partial charge in [0.15, 0.2) is 23.0 Å². The van der Waals surface area contributed by atoms with Crippen LogP contribution < -0.4 is 29.6 Å². The van der Waals surface area contributed by atoms with Gasteiger partial charge < -0.3 is 29.6 Å². The molecule has 0 unspecified atom stereocenters. The topological polar surface area (TPSA) is 78.1 Å². The van der Waals surface area contributed by atoms with Crippen molar-refractivity contribution in [3.05, 3.63) is 48.0 Å². The highest BCUT2D eigenvalue weighted by Crippen LogP contribution is 2.32. The van der Waals surface area contributed by atoms with Crippen molar-refractivity contribution in [3.8, 4) is 23.0 Å². The van der Waals surface area contributed by atoms with Crippen LogP contribution in [0.5, 0.6) is 23.0 Å². The average Bonchev–Trinajstić information content (AvgIpc) is 3.11. The molecule has 1 aliphatic heterocycles. The Bertz CT molecular complexity index is 735. The lowest BCUT2D eigenvalue weighted by Gasteiger charge is -2.11. The van der Waals surface area contributed by atoms with Gasteiger partial charge in [-0.1, -0.05) is 18.2 Å². The van der Waals surface area contributed by atoms with Crippen molar-refractivity contribution in [1.29, 1.82) is 0 Å². The average molecular weight is 344 g/mol. The fourth-order valence-corrected chi connectivity index (χ4v) is 2.36. The van der Waals surface area contributed by atoms with Gasteiger partial charge in [0.25, 0.3) is 0 Å². The Balaban J connectivity index is 1.37. The number of urea groups is 1. The highest BCUT2D eigenvalue weighted by atomic mass is 16.7. The van der Waals surface area contributed by atoms with Gasteiger partial charge in [-0.05, 0) is 29.8 Å². The van der Waals surface area contributed by atoms with Gasteiger partial charge in [0.2, 0.25) is 6.79 Å². The number of rotatable bonds is 7. The van der Waals surface area contributed by atoms with Gasteiger partial charge in [0.1, 0.15) is 6.61 Å². The Morgan fingerprint density at radius 1 is 1.08 bits per heavy atom.